The lowest BCUT2D eigenvalue weighted by molar-refractivity contribution is -0.140. The van der Waals surface area contributed by atoms with Gasteiger partial charge in [0, 0.05) is 17.9 Å². The zero-order valence-electron chi connectivity index (χ0n) is 11.7. The van der Waals surface area contributed by atoms with E-state index in [1.54, 1.807) is 0 Å². The monoisotopic (exact) mass is 390 g/mol. The van der Waals surface area contributed by atoms with Gasteiger partial charge in [0.15, 0.2) is 0 Å². The van der Waals surface area contributed by atoms with Crippen LogP contribution in [0.2, 0.25) is 0 Å². The van der Waals surface area contributed by atoms with Crippen molar-refractivity contribution in [2.24, 2.45) is 0 Å². The van der Waals surface area contributed by atoms with E-state index in [-0.39, 0.29) is 17.3 Å². The lowest BCUT2D eigenvalue weighted by atomic mass is 10.2. The maximum Gasteiger partial charge on any atom is 0.322 e. The van der Waals surface area contributed by atoms with Gasteiger partial charge in [0.1, 0.15) is 6.04 Å². The molecule has 1 aliphatic heterocycles. The molecule has 0 saturated carbocycles. The van der Waals surface area contributed by atoms with E-state index in [0.29, 0.717) is 23.0 Å². The first kappa shape index (κ1) is 16.9. The van der Waals surface area contributed by atoms with Crippen molar-refractivity contribution < 1.29 is 23.1 Å². The highest BCUT2D eigenvalue weighted by Crippen LogP contribution is 2.30. The van der Waals surface area contributed by atoms with Crippen molar-refractivity contribution >= 4 is 43.5 Å². The second-order valence-corrected chi connectivity index (χ2v) is 7.68. The van der Waals surface area contributed by atoms with Gasteiger partial charge >= 0.3 is 5.97 Å². The summed E-state index contributed by atoms with van der Waals surface area (Å²) in [6.07, 6.45) is 0.820. The molecule has 120 valence electrons. The standard InChI is InChI=1S/C13H15BrN2O5S/c1-8(17)15-11-5-4-9(7-10(11)14)22(20,21)16-6-2-3-12(16)13(18)19/h4-5,7,12H,2-3,6H2,1H3,(H,15,17)(H,18,19)/t12-/m1/s1. The second kappa shape index (κ2) is 6.35. The maximum atomic E-state index is 12.6. The zero-order valence-corrected chi connectivity index (χ0v) is 14.1. The number of nitrogens with zero attached hydrogens (tertiary/aromatic N) is 1. The van der Waals surface area contributed by atoms with E-state index < -0.39 is 22.0 Å². The highest BCUT2D eigenvalue weighted by molar-refractivity contribution is 9.10. The van der Waals surface area contributed by atoms with Crippen molar-refractivity contribution in [2.45, 2.75) is 30.7 Å². The average molecular weight is 391 g/mol. The number of aliphatic carboxylic acids is 1. The van der Waals surface area contributed by atoms with Crippen molar-refractivity contribution in [1.82, 2.24) is 4.31 Å². The first-order valence-corrected chi connectivity index (χ1v) is 8.78. The van der Waals surface area contributed by atoms with Crippen LogP contribution < -0.4 is 5.32 Å². The number of carboxylic acids is 1. The molecule has 0 unspecified atom stereocenters. The molecule has 1 saturated heterocycles. The fraction of sp³-hybridized carbons (Fsp3) is 0.385. The number of halogens is 1. The lowest BCUT2D eigenvalue weighted by Crippen LogP contribution is -2.40. The fourth-order valence-electron chi connectivity index (χ4n) is 2.36. The minimum atomic E-state index is -3.89. The van der Waals surface area contributed by atoms with E-state index in [2.05, 4.69) is 21.2 Å². The number of sulfonamides is 1. The van der Waals surface area contributed by atoms with E-state index in [4.69, 9.17) is 5.11 Å². The van der Waals surface area contributed by atoms with Gasteiger partial charge in [0.25, 0.3) is 0 Å². The van der Waals surface area contributed by atoms with Gasteiger partial charge in [0.05, 0.1) is 10.6 Å². The summed E-state index contributed by atoms with van der Waals surface area (Å²) in [5.74, 6) is -1.42. The molecule has 0 radical (unpaired) electrons. The maximum absolute atomic E-state index is 12.6. The molecule has 0 spiro atoms. The highest BCUT2D eigenvalue weighted by Gasteiger charge is 2.39. The number of hydrogen-bond donors (Lipinski definition) is 2. The molecule has 1 fully saturated rings. The third kappa shape index (κ3) is 3.31. The summed E-state index contributed by atoms with van der Waals surface area (Å²) < 4.78 is 26.6. The van der Waals surface area contributed by atoms with Gasteiger partial charge < -0.3 is 10.4 Å². The van der Waals surface area contributed by atoms with E-state index >= 15 is 0 Å². The predicted molar refractivity (Wildman–Crippen MR) is 83.0 cm³/mol. The Labute approximate surface area is 136 Å². The molecule has 0 bridgehead atoms. The molecule has 1 amide bonds. The molecule has 1 aliphatic rings. The number of rotatable bonds is 4. The van der Waals surface area contributed by atoms with Gasteiger partial charge in [-0.2, -0.15) is 4.31 Å². The van der Waals surface area contributed by atoms with Gasteiger partial charge in [-0.15, -0.1) is 0 Å². The fourth-order valence-corrected chi connectivity index (χ4v) is 4.66. The van der Waals surface area contributed by atoms with Crippen LogP contribution in [0, 0.1) is 0 Å². The predicted octanol–water partition coefficient (Wildman–Crippen LogP) is 1.65. The number of anilines is 1. The summed E-state index contributed by atoms with van der Waals surface area (Å²) in [6.45, 7) is 1.53. The molecular formula is C13H15BrN2O5S. The molecule has 2 N–H and O–H groups in total. The largest absolute Gasteiger partial charge is 0.480 e. The highest BCUT2D eigenvalue weighted by atomic mass is 79.9. The number of carboxylic acid groups (broad SMARTS) is 1. The van der Waals surface area contributed by atoms with Crippen LogP contribution in [0.1, 0.15) is 19.8 Å². The Bertz CT molecular complexity index is 719. The van der Waals surface area contributed by atoms with Crippen molar-refractivity contribution in [3.8, 4) is 0 Å². The zero-order chi connectivity index (χ0) is 16.5. The van der Waals surface area contributed by atoms with Crippen LogP contribution in [0.25, 0.3) is 0 Å². The molecule has 22 heavy (non-hydrogen) atoms. The van der Waals surface area contributed by atoms with E-state index in [1.165, 1.54) is 25.1 Å². The average Bonchev–Trinajstić information content (AvgIpc) is 2.90. The SMILES string of the molecule is CC(=O)Nc1ccc(S(=O)(=O)N2CCC[C@@H]2C(=O)O)cc1Br. The number of hydrogen-bond acceptors (Lipinski definition) is 4. The quantitative estimate of drug-likeness (QED) is 0.812. The molecule has 7 nitrogen and oxygen atoms in total. The number of carbonyl (C=O) groups is 2. The van der Waals surface area contributed by atoms with Crippen LogP contribution >= 0.6 is 15.9 Å². The number of carbonyl (C=O) groups excluding carboxylic acids is 1. The third-order valence-electron chi connectivity index (χ3n) is 3.35. The van der Waals surface area contributed by atoms with Gasteiger partial charge in [-0.05, 0) is 47.0 Å². The summed E-state index contributed by atoms with van der Waals surface area (Å²) in [5.41, 5.74) is 0.447. The molecule has 0 aliphatic carbocycles. The Morgan fingerprint density at radius 3 is 2.64 bits per heavy atom. The third-order valence-corrected chi connectivity index (χ3v) is 5.91. The topological polar surface area (TPSA) is 104 Å². The Balaban J connectivity index is 2.36. The van der Waals surface area contributed by atoms with Crippen LogP contribution in [-0.4, -0.2) is 42.3 Å². The van der Waals surface area contributed by atoms with Crippen molar-refractivity contribution in [1.29, 1.82) is 0 Å². The minimum absolute atomic E-state index is 0.0124. The van der Waals surface area contributed by atoms with Gasteiger partial charge in [-0.1, -0.05) is 0 Å². The molecule has 1 aromatic carbocycles. The Kier molecular flexibility index (Phi) is 4.88. The first-order valence-electron chi connectivity index (χ1n) is 6.55. The second-order valence-electron chi connectivity index (χ2n) is 4.93. The Morgan fingerprint density at radius 2 is 2.09 bits per heavy atom. The number of amides is 1. The van der Waals surface area contributed by atoms with E-state index in [1.807, 2.05) is 0 Å². The van der Waals surface area contributed by atoms with Crippen molar-refractivity contribution in [2.75, 3.05) is 11.9 Å². The summed E-state index contributed by atoms with van der Waals surface area (Å²) in [4.78, 5) is 22.2. The van der Waals surface area contributed by atoms with Crippen LogP contribution in [0.5, 0.6) is 0 Å². The summed E-state index contributed by atoms with van der Waals surface area (Å²) in [7, 11) is -3.89. The summed E-state index contributed by atoms with van der Waals surface area (Å²) in [5, 5.41) is 11.7. The van der Waals surface area contributed by atoms with Crippen molar-refractivity contribution in [3.05, 3.63) is 22.7 Å². The number of benzene rings is 1. The number of nitrogens with one attached hydrogen (secondary N) is 1. The van der Waals surface area contributed by atoms with Crippen LogP contribution in [-0.2, 0) is 19.6 Å². The molecule has 9 heteroatoms. The van der Waals surface area contributed by atoms with Crippen LogP contribution in [0.3, 0.4) is 0 Å². The molecular weight excluding hydrogens is 376 g/mol. The first-order chi connectivity index (χ1) is 10.2. The summed E-state index contributed by atoms with van der Waals surface area (Å²) >= 11 is 3.21. The Hall–Kier alpha value is -1.45. The Morgan fingerprint density at radius 1 is 1.41 bits per heavy atom. The van der Waals surface area contributed by atoms with E-state index in [9.17, 15) is 18.0 Å². The molecule has 2 rings (SSSR count). The normalized spacial score (nSPS) is 19.1. The smallest absolute Gasteiger partial charge is 0.322 e. The van der Waals surface area contributed by atoms with Gasteiger partial charge in [-0.25, -0.2) is 8.42 Å². The van der Waals surface area contributed by atoms with Gasteiger partial charge in [-0.3, -0.25) is 9.59 Å². The van der Waals surface area contributed by atoms with Crippen molar-refractivity contribution in [3.63, 3.8) is 0 Å². The molecule has 1 aromatic rings. The molecule has 1 atom stereocenters. The molecule has 1 heterocycles. The molecule has 0 aromatic heterocycles. The van der Waals surface area contributed by atoms with Gasteiger partial charge in [0.2, 0.25) is 15.9 Å². The van der Waals surface area contributed by atoms with Crippen LogP contribution in [0.4, 0.5) is 5.69 Å². The summed E-state index contributed by atoms with van der Waals surface area (Å²) in [6, 6.07) is 3.14. The van der Waals surface area contributed by atoms with E-state index in [0.717, 1.165) is 4.31 Å². The van der Waals surface area contributed by atoms with Crippen LogP contribution in [0.15, 0.2) is 27.6 Å². The lowest BCUT2D eigenvalue weighted by Gasteiger charge is -2.21. The minimum Gasteiger partial charge on any atom is -0.480 e.